The Morgan fingerprint density at radius 2 is 1.67 bits per heavy atom. The van der Waals surface area contributed by atoms with Crippen LogP contribution in [-0.4, -0.2) is 12.1 Å². The fourth-order valence-electron chi connectivity index (χ4n) is 3.57. The molecule has 102 valence electrons. The fourth-order valence-corrected chi connectivity index (χ4v) is 3.57. The van der Waals surface area contributed by atoms with Crippen molar-refractivity contribution in [2.75, 3.05) is 0 Å². The van der Waals surface area contributed by atoms with Crippen LogP contribution in [0.3, 0.4) is 0 Å². The van der Waals surface area contributed by atoms with Crippen molar-refractivity contribution in [1.82, 2.24) is 0 Å². The van der Waals surface area contributed by atoms with Gasteiger partial charge in [-0.2, -0.15) is 0 Å². The number of rotatable bonds is 3. The minimum absolute atomic E-state index is 0.148. The van der Waals surface area contributed by atoms with Crippen molar-refractivity contribution in [3.63, 3.8) is 0 Å². The van der Waals surface area contributed by atoms with Crippen molar-refractivity contribution in [3.8, 4) is 0 Å². The van der Waals surface area contributed by atoms with Gasteiger partial charge in [0.05, 0.1) is 0 Å². The zero-order valence-corrected chi connectivity index (χ0v) is 11.6. The Morgan fingerprint density at radius 1 is 1.00 bits per heavy atom. The molecule has 2 unspecified atom stereocenters. The van der Waals surface area contributed by atoms with Gasteiger partial charge >= 0.3 is 5.97 Å². The van der Waals surface area contributed by atoms with Crippen LogP contribution in [0.2, 0.25) is 0 Å². The van der Waals surface area contributed by atoms with Gasteiger partial charge in [-0.25, -0.2) is 4.79 Å². The second-order valence-corrected chi connectivity index (χ2v) is 6.13. The molecule has 2 heteroatoms. The van der Waals surface area contributed by atoms with Gasteiger partial charge in [0, 0.05) is 5.57 Å². The number of hydrogen-bond acceptors (Lipinski definition) is 2. The lowest BCUT2D eigenvalue weighted by Gasteiger charge is -2.36. The largest absolute Gasteiger partial charge is 0.459 e. The standard InChI is InChI=1S/C16H26O2/c1-12(2)16(17)18-15-10-6-9-14(11-15)13-7-4-3-5-8-13/h13-15H,1,3-11H2,2H3. The van der Waals surface area contributed by atoms with Crippen LogP contribution in [-0.2, 0) is 9.53 Å². The highest BCUT2D eigenvalue weighted by Crippen LogP contribution is 2.39. The second kappa shape index (κ2) is 6.40. The molecule has 0 aromatic carbocycles. The topological polar surface area (TPSA) is 26.3 Å². The fraction of sp³-hybridized carbons (Fsp3) is 0.812. The first kappa shape index (κ1) is 13.6. The van der Waals surface area contributed by atoms with E-state index in [1.165, 1.54) is 44.9 Å². The van der Waals surface area contributed by atoms with E-state index in [0.717, 1.165) is 24.7 Å². The van der Waals surface area contributed by atoms with Gasteiger partial charge in [0.25, 0.3) is 0 Å². The Bertz CT molecular complexity index is 302. The Labute approximate surface area is 111 Å². The number of carbonyl (C=O) groups is 1. The van der Waals surface area contributed by atoms with E-state index in [-0.39, 0.29) is 12.1 Å². The summed E-state index contributed by atoms with van der Waals surface area (Å²) in [5.41, 5.74) is 0.523. The highest BCUT2D eigenvalue weighted by Gasteiger charge is 2.30. The molecule has 0 spiro atoms. The Hall–Kier alpha value is -0.790. The van der Waals surface area contributed by atoms with Crippen molar-refractivity contribution in [1.29, 1.82) is 0 Å². The third-order valence-electron chi connectivity index (χ3n) is 4.61. The molecule has 2 atom stereocenters. The second-order valence-electron chi connectivity index (χ2n) is 6.13. The van der Waals surface area contributed by atoms with Gasteiger partial charge in [0.15, 0.2) is 0 Å². The maximum Gasteiger partial charge on any atom is 0.333 e. The molecule has 2 aliphatic rings. The third kappa shape index (κ3) is 3.60. The lowest BCUT2D eigenvalue weighted by molar-refractivity contribution is -0.146. The van der Waals surface area contributed by atoms with Gasteiger partial charge in [0.1, 0.15) is 6.10 Å². The summed E-state index contributed by atoms with van der Waals surface area (Å²) >= 11 is 0. The van der Waals surface area contributed by atoms with Crippen LogP contribution in [0.5, 0.6) is 0 Å². The predicted molar refractivity (Wildman–Crippen MR) is 73.2 cm³/mol. The molecule has 0 saturated heterocycles. The van der Waals surface area contributed by atoms with E-state index in [2.05, 4.69) is 6.58 Å². The van der Waals surface area contributed by atoms with Crippen molar-refractivity contribution in [3.05, 3.63) is 12.2 Å². The zero-order valence-electron chi connectivity index (χ0n) is 11.6. The maximum absolute atomic E-state index is 11.6. The molecule has 0 heterocycles. The van der Waals surface area contributed by atoms with Crippen LogP contribution < -0.4 is 0 Å². The van der Waals surface area contributed by atoms with Crippen LogP contribution in [0.4, 0.5) is 0 Å². The summed E-state index contributed by atoms with van der Waals surface area (Å²) in [7, 11) is 0. The summed E-state index contributed by atoms with van der Waals surface area (Å²) in [6, 6.07) is 0. The van der Waals surface area contributed by atoms with Gasteiger partial charge < -0.3 is 4.74 Å². The first-order valence-electron chi connectivity index (χ1n) is 7.53. The molecule has 0 aliphatic heterocycles. The highest BCUT2D eigenvalue weighted by molar-refractivity contribution is 5.87. The quantitative estimate of drug-likeness (QED) is 0.553. The number of hydrogen-bond donors (Lipinski definition) is 0. The van der Waals surface area contributed by atoms with Crippen LogP contribution in [0.1, 0.15) is 64.7 Å². The molecule has 0 amide bonds. The van der Waals surface area contributed by atoms with E-state index in [4.69, 9.17) is 4.74 Å². The van der Waals surface area contributed by atoms with E-state index in [9.17, 15) is 4.79 Å². The van der Waals surface area contributed by atoms with Crippen molar-refractivity contribution in [2.24, 2.45) is 11.8 Å². The van der Waals surface area contributed by atoms with E-state index in [0.29, 0.717) is 5.57 Å². The summed E-state index contributed by atoms with van der Waals surface area (Å²) in [4.78, 5) is 11.6. The Balaban J connectivity index is 1.83. The van der Waals surface area contributed by atoms with E-state index >= 15 is 0 Å². The van der Waals surface area contributed by atoms with Gasteiger partial charge in [-0.3, -0.25) is 0 Å². The number of carbonyl (C=O) groups excluding carboxylic acids is 1. The molecule has 2 rings (SSSR count). The molecule has 0 bridgehead atoms. The molecule has 2 saturated carbocycles. The average molecular weight is 250 g/mol. The van der Waals surface area contributed by atoms with Gasteiger partial charge in [0.2, 0.25) is 0 Å². The summed E-state index contributed by atoms with van der Waals surface area (Å²) in [6.45, 7) is 5.38. The molecule has 0 aromatic rings. The molecular weight excluding hydrogens is 224 g/mol. The molecule has 2 fully saturated rings. The van der Waals surface area contributed by atoms with Gasteiger partial charge in [-0.05, 0) is 44.4 Å². The van der Waals surface area contributed by atoms with Crippen LogP contribution in [0, 0.1) is 11.8 Å². The monoisotopic (exact) mass is 250 g/mol. The van der Waals surface area contributed by atoms with E-state index in [1.54, 1.807) is 6.92 Å². The summed E-state index contributed by atoms with van der Waals surface area (Å²) in [6.07, 6.45) is 11.8. The molecule has 2 nitrogen and oxygen atoms in total. The summed E-state index contributed by atoms with van der Waals surface area (Å²) in [5.74, 6) is 1.48. The maximum atomic E-state index is 11.6. The van der Waals surface area contributed by atoms with Crippen molar-refractivity contribution >= 4 is 5.97 Å². The molecular formula is C16H26O2. The van der Waals surface area contributed by atoms with Gasteiger partial charge in [-0.1, -0.05) is 38.7 Å². The molecule has 2 aliphatic carbocycles. The normalized spacial score (nSPS) is 29.8. The molecule has 18 heavy (non-hydrogen) atoms. The van der Waals surface area contributed by atoms with Crippen LogP contribution >= 0.6 is 0 Å². The zero-order chi connectivity index (χ0) is 13.0. The van der Waals surface area contributed by atoms with Crippen LogP contribution in [0.25, 0.3) is 0 Å². The SMILES string of the molecule is C=C(C)C(=O)OC1CCCC(C2CCCCC2)C1. The van der Waals surface area contributed by atoms with E-state index < -0.39 is 0 Å². The minimum atomic E-state index is -0.204. The molecule has 0 radical (unpaired) electrons. The lowest BCUT2D eigenvalue weighted by Crippen LogP contribution is -2.30. The van der Waals surface area contributed by atoms with E-state index in [1.807, 2.05) is 0 Å². The molecule has 0 N–H and O–H groups in total. The summed E-state index contributed by atoms with van der Waals surface area (Å²) in [5, 5.41) is 0. The average Bonchev–Trinajstić information content (AvgIpc) is 2.40. The number of esters is 1. The smallest absolute Gasteiger partial charge is 0.333 e. The number of ether oxygens (including phenoxy) is 1. The lowest BCUT2D eigenvalue weighted by atomic mass is 9.73. The first-order chi connectivity index (χ1) is 8.66. The Kier molecular flexibility index (Phi) is 4.85. The van der Waals surface area contributed by atoms with Gasteiger partial charge in [-0.15, -0.1) is 0 Å². The highest BCUT2D eigenvalue weighted by atomic mass is 16.5. The third-order valence-corrected chi connectivity index (χ3v) is 4.61. The first-order valence-corrected chi connectivity index (χ1v) is 7.53. The van der Waals surface area contributed by atoms with Crippen molar-refractivity contribution in [2.45, 2.75) is 70.8 Å². The Morgan fingerprint density at radius 3 is 2.33 bits per heavy atom. The van der Waals surface area contributed by atoms with Crippen LogP contribution in [0.15, 0.2) is 12.2 Å². The minimum Gasteiger partial charge on any atom is -0.459 e. The molecule has 0 aromatic heterocycles. The predicted octanol–water partition coefficient (Wildman–Crippen LogP) is 4.24. The summed E-state index contributed by atoms with van der Waals surface area (Å²) < 4.78 is 5.54. The van der Waals surface area contributed by atoms with Crippen molar-refractivity contribution < 1.29 is 9.53 Å².